The van der Waals surface area contributed by atoms with Crippen molar-refractivity contribution in [1.82, 2.24) is 0 Å². The number of hydrogen-bond acceptors (Lipinski definition) is 14. The second-order valence-corrected chi connectivity index (χ2v) is 15.5. The van der Waals surface area contributed by atoms with Gasteiger partial charge in [0.05, 0.1) is 41.9 Å². The molecule has 0 heterocycles. The van der Waals surface area contributed by atoms with Crippen LogP contribution in [0.25, 0.3) is 10.8 Å². The van der Waals surface area contributed by atoms with Gasteiger partial charge in [0.2, 0.25) is 0 Å². The summed E-state index contributed by atoms with van der Waals surface area (Å²) in [5.41, 5.74) is 5.08. The molecule has 6 rings (SSSR count). The first-order valence-electron chi connectivity index (χ1n) is 16.8. The first-order valence-corrected chi connectivity index (χ1v) is 19.7. The van der Waals surface area contributed by atoms with Gasteiger partial charge in [0, 0.05) is 22.8 Å². The smallest absolute Gasteiger partial charge is 0.296 e. The Morgan fingerprint density at radius 2 is 1.11 bits per heavy atom. The molecule has 0 radical (unpaired) electrons. The monoisotopic (exact) mass is 809 g/mol. The van der Waals surface area contributed by atoms with E-state index in [1.54, 1.807) is 80.8 Å². The van der Waals surface area contributed by atoms with Gasteiger partial charge in [-0.2, -0.15) is 37.3 Å². The number of phenolic OH excluding ortho intramolecular Hbond substituents is 1. The summed E-state index contributed by atoms with van der Waals surface area (Å²) >= 11 is 0. The molecule has 0 aliphatic carbocycles. The maximum Gasteiger partial charge on any atom is 0.296 e. The third-order valence-corrected chi connectivity index (χ3v) is 10.4. The van der Waals surface area contributed by atoms with Gasteiger partial charge < -0.3 is 19.9 Å². The number of hydrogen-bond donors (Lipinski definition) is 4. The Morgan fingerprint density at radius 3 is 1.67 bits per heavy atom. The van der Waals surface area contributed by atoms with E-state index in [-0.39, 0.29) is 21.7 Å². The largest absolute Gasteiger partial charge is 0.505 e. The van der Waals surface area contributed by atoms with Crippen LogP contribution >= 0.6 is 0 Å². The van der Waals surface area contributed by atoms with Crippen LogP contribution in [0.3, 0.4) is 0 Å². The summed E-state index contributed by atoms with van der Waals surface area (Å²) in [6, 6.07) is 25.3. The fraction of sp³-hybridized carbons (Fsp3) is 0.128. The Balaban J connectivity index is 1.25. The molecule has 0 bridgehead atoms. The van der Waals surface area contributed by atoms with Crippen molar-refractivity contribution in [3.63, 3.8) is 0 Å². The molecule has 0 aliphatic heterocycles. The lowest BCUT2D eigenvalue weighted by atomic mass is 10.1. The van der Waals surface area contributed by atoms with Gasteiger partial charge in [-0.3, -0.25) is 9.11 Å². The van der Waals surface area contributed by atoms with Crippen LogP contribution in [0.1, 0.15) is 16.7 Å². The molecule has 18 heteroatoms. The van der Waals surface area contributed by atoms with Crippen molar-refractivity contribution < 1.29 is 40.5 Å². The molecule has 0 atom stereocenters. The predicted octanol–water partition coefficient (Wildman–Crippen LogP) is 11.0. The quantitative estimate of drug-likeness (QED) is 0.0674. The molecule has 16 nitrogen and oxygen atoms in total. The fourth-order valence-corrected chi connectivity index (χ4v) is 6.72. The third-order valence-electron chi connectivity index (χ3n) is 8.65. The highest BCUT2D eigenvalue weighted by molar-refractivity contribution is 7.86. The minimum atomic E-state index is -4.87. The maximum atomic E-state index is 12.5. The second-order valence-electron chi connectivity index (χ2n) is 12.6. The zero-order valence-electron chi connectivity index (χ0n) is 31.0. The number of anilines is 2. The van der Waals surface area contributed by atoms with E-state index < -0.39 is 36.6 Å². The summed E-state index contributed by atoms with van der Waals surface area (Å²) in [7, 11) is -6.22. The minimum Gasteiger partial charge on any atom is -0.505 e. The van der Waals surface area contributed by atoms with Gasteiger partial charge in [0.15, 0.2) is 5.75 Å². The molecule has 4 N–H and O–H groups in total. The van der Waals surface area contributed by atoms with E-state index in [0.29, 0.717) is 45.1 Å². The lowest BCUT2D eigenvalue weighted by molar-refractivity contribution is 0.415. The van der Waals surface area contributed by atoms with Gasteiger partial charge in [-0.25, -0.2) is 0 Å². The lowest BCUT2D eigenvalue weighted by Gasteiger charge is -2.12. The molecular formula is C39H35N7O9S2. The molecule has 0 fully saturated rings. The topological polar surface area (TPSA) is 234 Å². The van der Waals surface area contributed by atoms with Gasteiger partial charge in [-0.15, -0.1) is 10.2 Å². The van der Waals surface area contributed by atoms with Gasteiger partial charge >= 0.3 is 0 Å². The van der Waals surface area contributed by atoms with Gasteiger partial charge in [0.25, 0.3) is 20.2 Å². The van der Waals surface area contributed by atoms with E-state index in [0.717, 1.165) is 16.8 Å². The molecule has 0 spiro atoms. The van der Waals surface area contributed by atoms with Crippen LogP contribution in [0.15, 0.2) is 138 Å². The first-order chi connectivity index (χ1) is 27.0. The van der Waals surface area contributed by atoms with Crippen LogP contribution in [-0.2, 0) is 20.2 Å². The number of aromatic hydroxyl groups is 1. The number of fused-ring (bicyclic) bond motifs is 1. The molecule has 292 valence electrons. The Morgan fingerprint density at radius 1 is 0.561 bits per heavy atom. The van der Waals surface area contributed by atoms with E-state index in [2.05, 4.69) is 36.0 Å². The second kappa shape index (κ2) is 16.2. The zero-order chi connectivity index (χ0) is 41.1. The summed E-state index contributed by atoms with van der Waals surface area (Å²) in [5, 5.41) is 40.6. The Kier molecular flexibility index (Phi) is 11.4. The summed E-state index contributed by atoms with van der Waals surface area (Å²) < 4.78 is 77.7. The van der Waals surface area contributed by atoms with Crippen LogP contribution in [0.2, 0.25) is 0 Å². The summed E-state index contributed by atoms with van der Waals surface area (Å²) in [5.74, 6) is 0.391. The average Bonchev–Trinajstić information content (AvgIpc) is 3.17. The third kappa shape index (κ3) is 9.27. The van der Waals surface area contributed by atoms with Crippen LogP contribution in [0.4, 0.5) is 45.5 Å². The van der Waals surface area contributed by atoms with E-state index in [9.17, 15) is 31.0 Å². The number of rotatable bonds is 12. The molecule has 0 aromatic heterocycles. The highest BCUT2D eigenvalue weighted by Gasteiger charge is 2.23. The number of nitrogens with zero attached hydrogens (tertiary/aromatic N) is 6. The molecule has 6 aromatic carbocycles. The van der Waals surface area contributed by atoms with Crippen molar-refractivity contribution in [3.05, 3.63) is 114 Å². The van der Waals surface area contributed by atoms with Gasteiger partial charge in [-0.05, 0) is 134 Å². The van der Waals surface area contributed by atoms with Crippen LogP contribution in [0, 0.1) is 20.8 Å². The lowest BCUT2D eigenvalue weighted by Crippen LogP contribution is -1.99. The van der Waals surface area contributed by atoms with E-state index in [4.69, 9.17) is 9.47 Å². The number of aryl methyl sites for hydroxylation is 3. The van der Waals surface area contributed by atoms with Crippen LogP contribution < -0.4 is 14.8 Å². The summed E-state index contributed by atoms with van der Waals surface area (Å²) in [6.45, 7) is 5.40. The number of phenols is 1. The SMILES string of the molecule is COc1ccc(Nc2ccc3c(O)c(N=Nc4cc(C)c(N=Nc5cc(C)c(N=Nc6ccc(S(=O)(=O)O)cc6)cc5C)cc4OC)c(S(=O)(=O)O)cc3c2)cc1. The van der Waals surface area contributed by atoms with Gasteiger partial charge in [0.1, 0.15) is 27.8 Å². The average molecular weight is 810 g/mol. The van der Waals surface area contributed by atoms with Crippen molar-refractivity contribution in [3.8, 4) is 17.2 Å². The molecule has 0 unspecified atom stereocenters. The number of ether oxygens (including phenoxy) is 2. The molecular weight excluding hydrogens is 775 g/mol. The number of benzene rings is 6. The van der Waals surface area contributed by atoms with E-state index in [1.807, 2.05) is 13.8 Å². The highest BCUT2D eigenvalue weighted by Crippen LogP contribution is 2.44. The molecule has 0 saturated carbocycles. The summed E-state index contributed by atoms with van der Waals surface area (Å²) in [4.78, 5) is -0.896. The Bertz CT molecular complexity index is 2830. The van der Waals surface area contributed by atoms with Crippen molar-refractivity contribution in [2.45, 2.75) is 30.6 Å². The van der Waals surface area contributed by atoms with Crippen LogP contribution in [-0.4, -0.2) is 45.3 Å². The Hall–Kier alpha value is -6.60. The van der Waals surface area contributed by atoms with Crippen molar-refractivity contribution >= 4 is 76.5 Å². The molecule has 0 saturated heterocycles. The van der Waals surface area contributed by atoms with E-state index >= 15 is 0 Å². The molecule has 0 amide bonds. The normalized spacial score (nSPS) is 12.3. The predicted molar refractivity (Wildman–Crippen MR) is 214 cm³/mol. The molecule has 6 aromatic rings. The molecule has 0 aliphatic rings. The van der Waals surface area contributed by atoms with Crippen LogP contribution in [0.5, 0.6) is 17.2 Å². The highest BCUT2D eigenvalue weighted by atomic mass is 32.2. The molecule has 57 heavy (non-hydrogen) atoms. The van der Waals surface area contributed by atoms with Crippen molar-refractivity contribution in [1.29, 1.82) is 0 Å². The maximum absolute atomic E-state index is 12.5. The fourth-order valence-electron chi connectivity index (χ4n) is 5.58. The van der Waals surface area contributed by atoms with E-state index in [1.165, 1.54) is 37.4 Å². The van der Waals surface area contributed by atoms with Gasteiger partial charge in [-0.1, -0.05) is 0 Å². The zero-order valence-corrected chi connectivity index (χ0v) is 32.7. The Labute approximate surface area is 327 Å². The number of azo groups is 3. The number of methoxy groups -OCH3 is 2. The minimum absolute atomic E-state index is 0.183. The van der Waals surface area contributed by atoms with Crippen molar-refractivity contribution in [2.24, 2.45) is 30.7 Å². The standard InChI is InChI=1S/C39H35N7O9S2/c1-22-17-33(23(2)16-32(22)42-41-27-8-13-30(14-9-27)56(48,49)50)43-44-34-21-36(55-5)35(18-24(34)3)45-46-38-37(57(51,52)53)20-25-19-28(10-15-31(25)39(38)47)40-26-6-11-29(54-4)12-7-26/h6-21,40,47H,1-5H3,(H,48,49,50)(H,51,52,53). The first kappa shape index (κ1) is 40.1. The number of nitrogens with one attached hydrogen (secondary N) is 1. The summed E-state index contributed by atoms with van der Waals surface area (Å²) in [6.07, 6.45) is 0. The van der Waals surface area contributed by atoms with Crippen molar-refractivity contribution in [2.75, 3.05) is 19.5 Å².